The minimum atomic E-state index is 0.206. The number of thiazole rings is 1. The molecule has 1 amide bonds. The van der Waals surface area contributed by atoms with Crippen LogP contribution >= 0.6 is 11.3 Å². The maximum Gasteiger partial charge on any atom is 0.228 e. The number of aryl methyl sites for hydroxylation is 2. The standard InChI is InChI=1S/C22H26N4OS/c1-17-23-11-14-25(17)13-10-20-9-5-6-12-26(20)21(27)15-19-16-28-22(24-19)18-7-3-2-4-8-18/h2-4,7-8,11,14,16,20H,5-6,9-10,12-13,15H2,1H3. The van der Waals surface area contributed by atoms with Crippen LogP contribution in [0.2, 0.25) is 0 Å². The van der Waals surface area contributed by atoms with Crippen LogP contribution in [0, 0.1) is 6.92 Å². The summed E-state index contributed by atoms with van der Waals surface area (Å²) in [6, 6.07) is 10.5. The largest absolute Gasteiger partial charge is 0.339 e. The highest BCUT2D eigenvalue weighted by molar-refractivity contribution is 7.13. The van der Waals surface area contributed by atoms with Crippen molar-refractivity contribution in [3.63, 3.8) is 0 Å². The summed E-state index contributed by atoms with van der Waals surface area (Å²) in [5.41, 5.74) is 1.99. The van der Waals surface area contributed by atoms with Crippen LogP contribution in [0.5, 0.6) is 0 Å². The van der Waals surface area contributed by atoms with E-state index in [2.05, 4.69) is 26.6 Å². The van der Waals surface area contributed by atoms with Crippen LogP contribution in [0.3, 0.4) is 0 Å². The van der Waals surface area contributed by atoms with Crippen LogP contribution in [0.25, 0.3) is 10.6 Å². The van der Waals surface area contributed by atoms with Crippen molar-refractivity contribution in [3.8, 4) is 10.6 Å². The van der Waals surface area contributed by atoms with E-state index < -0.39 is 0 Å². The average Bonchev–Trinajstić information content (AvgIpc) is 3.36. The lowest BCUT2D eigenvalue weighted by atomic mass is 9.98. The zero-order chi connectivity index (χ0) is 19.3. The van der Waals surface area contributed by atoms with E-state index in [4.69, 9.17) is 4.98 Å². The Bertz CT molecular complexity index is 918. The van der Waals surface area contributed by atoms with Crippen molar-refractivity contribution >= 4 is 17.2 Å². The zero-order valence-corrected chi connectivity index (χ0v) is 17.1. The van der Waals surface area contributed by atoms with Gasteiger partial charge in [0, 0.05) is 42.5 Å². The Morgan fingerprint density at radius 3 is 2.89 bits per heavy atom. The summed E-state index contributed by atoms with van der Waals surface area (Å²) in [5.74, 6) is 1.24. The van der Waals surface area contributed by atoms with Crippen molar-refractivity contribution in [2.45, 2.75) is 51.6 Å². The quantitative estimate of drug-likeness (QED) is 0.625. The molecule has 5 nitrogen and oxygen atoms in total. The van der Waals surface area contributed by atoms with E-state index in [1.54, 1.807) is 11.3 Å². The molecule has 0 saturated carbocycles. The lowest BCUT2D eigenvalue weighted by molar-refractivity contribution is -0.134. The molecule has 4 rings (SSSR count). The number of piperidine rings is 1. The third-order valence-electron chi connectivity index (χ3n) is 5.48. The second-order valence-electron chi connectivity index (χ2n) is 7.38. The maximum absolute atomic E-state index is 13.0. The van der Waals surface area contributed by atoms with Gasteiger partial charge < -0.3 is 9.47 Å². The fourth-order valence-electron chi connectivity index (χ4n) is 3.92. The molecule has 1 saturated heterocycles. The lowest BCUT2D eigenvalue weighted by Gasteiger charge is -2.36. The number of hydrogen-bond acceptors (Lipinski definition) is 4. The molecule has 6 heteroatoms. The number of benzene rings is 1. The van der Waals surface area contributed by atoms with Crippen LogP contribution in [-0.4, -0.2) is 37.9 Å². The highest BCUT2D eigenvalue weighted by atomic mass is 32.1. The van der Waals surface area contributed by atoms with Gasteiger partial charge in [-0.15, -0.1) is 11.3 Å². The molecule has 3 aromatic rings. The molecule has 1 unspecified atom stereocenters. The monoisotopic (exact) mass is 394 g/mol. The Kier molecular flexibility index (Phi) is 5.86. The van der Waals surface area contributed by atoms with Crippen molar-refractivity contribution in [1.82, 2.24) is 19.4 Å². The predicted octanol–water partition coefficient (Wildman–Crippen LogP) is 4.33. The first-order valence-corrected chi connectivity index (χ1v) is 10.9. The van der Waals surface area contributed by atoms with E-state index in [-0.39, 0.29) is 5.91 Å². The lowest BCUT2D eigenvalue weighted by Crippen LogP contribution is -2.45. The molecule has 146 valence electrons. The van der Waals surface area contributed by atoms with E-state index in [0.29, 0.717) is 12.5 Å². The van der Waals surface area contributed by atoms with Gasteiger partial charge in [0.2, 0.25) is 5.91 Å². The molecule has 1 aromatic carbocycles. The number of carbonyl (C=O) groups is 1. The van der Waals surface area contributed by atoms with Gasteiger partial charge in [0.05, 0.1) is 12.1 Å². The Hall–Kier alpha value is -2.47. The van der Waals surface area contributed by atoms with Gasteiger partial charge in [0.15, 0.2) is 0 Å². The molecule has 2 aromatic heterocycles. The van der Waals surface area contributed by atoms with E-state index in [0.717, 1.165) is 54.4 Å². The number of carbonyl (C=O) groups excluding carboxylic acids is 1. The molecule has 1 atom stereocenters. The number of nitrogens with zero attached hydrogens (tertiary/aromatic N) is 4. The summed E-state index contributed by atoms with van der Waals surface area (Å²) in [6.07, 6.45) is 8.62. The van der Waals surface area contributed by atoms with Gasteiger partial charge in [-0.2, -0.15) is 0 Å². The molecule has 0 aliphatic carbocycles. The number of hydrogen-bond donors (Lipinski definition) is 0. The van der Waals surface area contributed by atoms with Crippen molar-refractivity contribution in [3.05, 3.63) is 59.6 Å². The van der Waals surface area contributed by atoms with Gasteiger partial charge in [0.25, 0.3) is 0 Å². The van der Waals surface area contributed by atoms with Gasteiger partial charge in [-0.25, -0.2) is 9.97 Å². The molecule has 0 N–H and O–H groups in total. The number of rotatable bonds is 6. The minimum absolute atomic E-state index is 0.206. The van der Waals surface area contributed by atoms with Gasteiger partial charge >= 0.3 is 0 Å². The van der Waals surface area contributed by atoms with Crippen molar-refractivity contribution in [2.24, 2.45) is 0 Å². The summed E-state index contributed by atoms with van der Waals surface area (Å²) < 4.78 is 2.17. The summed E-state index contributed by atoms with van der Waals surface area (Å²) in [7, 11) is 0. The van der Waals surface area contributed by atoms with Crippen LogP contribution in [0.4, 0.5) is 0 Å². The number of amides is 1. The predicted molar refractivity (Wildman–Crippen MR) is 112 cm³/mol. The number of likely N-dealkylation sites (tertiary alicyclic amines) is 1. The topological polar surface area (TPSA) is 51.0 Å². The molecule has 0 radical (unpaired) electrons. The number of aromatic nitrogens is 3. The van der Waals surface area contributed by atoms with Gasteiger partial charge in [-0.05, 0) is 32.6 Å². The first-order valence-electron chi connectivity index (χ1n) is 9.98. The van der Waals surface area contributed by atoms with Crippen molar-refractivity contribution in [1.29, 1.82) is 0 Å². The summed E-state index contributed by atoms with van der Waals surface area (Å²) >= 11 is 1.61. The van der Waals surface area contributed by atoms with E-state index in [1.807, 2.05) is 42.9 Å². The van der Waals surface area contributed by atoms with E-state index >= 15 is 0 Å². The van der Waals surface area contributed by atoms with Crippen LogP contribution in [0.15, 0.2) is 48.1 Å². The normalized spacial score (nSPS) is 17.0. The SMILES string of the molecule is Cc1nccn1CCC1CCCCN1C(=O)Cc1csc(-c2ccccc2)n1. The highest BCUT2D eigenvalue weighted by Gasteiger charge is 2.27. The minimum Gasteiger partial charge on any atom is -0.339 e. The van der Waals surface area contributed by atoms with Crippen LogP contribution in [0.1, 0.15) is 37.2 Å². The van der Waals surface area contributed by atoms with Gasteiger partial charge in [0.1, 0.15) is 10.8 Å². The Morgan fingerprint density at radius 1 is 1.25 bits per heavy atom. The first kappa shape index (κ1) is 18.9. The molecular weight excluding hydrogens is 368 g/mol. The third kappa shape index (κ3) is 4.33. The van der Waals surface area contributed by atoms with Gasteiger partial charge in [-0.1, -0.05) is 30.3 Å². The van der Waals surface area contributed by atoms with Crippen molar-refractivity contribution in [2.75, 3.05) is 6.54 Å². The molecule has 28 heavy (non-hydrogen) atoms. The van der Waals surface area contributed by atoms with E-state index in [9.17, 15) is 4.79 Å². The molecule has 0 bridgehead atoms. The molecule has 0 spiro atoms. The van der Waals surface area contributed by atoms with Gasteiger partial charge in [-0.3, -0.25) is 4.79 Å². The Labute approximate surface area is 170 Å². The first-order chi connectivity index (χ1) is 13.7. The van der Waals surface area contributed by atoms with E-state index in [1.165, 1.54) is 6.42 Å². The third-order valence-corrected chi connectivity index (χ3v) is 6.42. The molecule has 1 aliphatic heterocycles. The fourth-order valence-corrected chi connectivity index (χ4v) is 4.74. The average molecular weight is 395 g/mol. The molecule has 1 aliphatic rings. The Morgan fingerprint density at radius 2 is 2.11 bits per heavy atom. The number of imidazole rings is 1. The summed E-state index contributed by atoms with van der Waals surface area (Å²) in [5, 5.41) is 3.00. The second kappa shape index (κ2) is 8.69. The van der Waals surface area contributed by atoms with Crippen LogP contribution < -0.4 is 0 Å². The molecule has 1 fully saturated rings. The zero-order valence-electron chi connectivity index (χ0n) is 16.3. The highest BCUT2D eigenvalue weighted by Crippen LogP contribution is 2.25. The maximum atomic E-state index is 13.0. The smallest absolute Gasteiger partial charge is 0.228 e. The molecule has 3 heterocycles. The van der Waals surface area contributed by atoms with Crippen molar-refractivity contribution < 1.29 is 4.79 Å². The second-order valence-corrected chi connectivity index (χ2v) is 8.24. The summed E-state index contributed by atoms with van der Waals surface area (Å²) in [6.45, 7) is 3.80. The Balaban J connectivity index is 1.39. The van der Waals surface area contributed by atoms with Crippen LogP contribution in [-0.2, 0) is 17.8 Å². The fraction of sp³-hybridized carbons (Fsp3) is 0.409. The molecular formula is C22H26N4OS. The summed E-state index contributed by atoms with van der Waals surface area (Å²) in [4.78, 5) is 24.1.